The number of allylic oxidation sites excluding steroid dienone is 8. The molecule has 0 saturated carbocycles. The van der Waals surface area contributed by atoms with E-state index in [-0.39, 0.29) is 0 Å². The van der Waals surface area contributed by atoms with Crippen molar-refractivity contribution in [1.29, 1.82) is 0 Å². The van der Waals surface area contributed by atoms with Gasteiger partial charge in [0, 0.05) is 38.5 Å². The van der Waals surface area contributed by atoms with Crippen molar-refractivity contribution in [2.45, 2.75) is 31.1 Å². The van der Waals surface area contributed by atoms with Crippen LogP contribution in [0.1, 0.15) is 53.5 Å². The maximum absolute atomic E-state index is 2.51. The van der Waals surface area contributed by atoms with Crippen LogP contribution in [0.3, 0.4) is 0 Å². The Morgan fingerprint density at radius 2 is 1.03 bits per heavy atom. The second kappa shape index (κ2) is 14.2. The summed E-state index contributed by atoms with van der Waals surface area (Å²) in [4.78, 5) is 0. The quantitative estimate of drug-likeness (QED) is 0.158. The average Bonchev–Trinajstić information content (AvgIpc) is 3.99. The molecule has 0 bridgehead atoms. The number of rotatable bonds is 6. The van der Waals surface area contributed by atoms with Crippen LogP contribution in [0.25, 0.3) is 82.8 Å². The lowest BCUT2D eigenvalue weighted by Crippen LogP contribution is -2.28. The molecule has 0 aliphatic heterocycles. The molecule has 3 aliphatic carbocycles. The van der Waals surface area contributed by atoms with Gasteiger partial charge in [-0.1, -0.05) is 176 Å². The van der Waals surface area contributed by atoms with E-state index in [9.17, 15) is 0 Å². The Morgan fingerprint density at radius 1 is 0.381 bits per heavy atom. The van der Waals surface area contributed by atoms with Gasteiger partial charge in [0.1, 0.15) is 0 Å². The second-order valence-electron chi connectivity index (χ2n) is 17.4. The molecule has 0 atom stereocenters. The lowest BCUT2D eigenvalue weighted by Gasteiger charge is -2.34. The zero-order chi connectivity index (χ0) is 41.5. The fourth-order valence-corrected chi connectivity index (χ4v) is 11.3. The molecular formula is C61H44N2. The zero-order valence-corrected chi connectivity index (χ0v) is 35.0. The highest BCUT2D eigenvalue weighted by Gasteiger charge is 2.46. The Balaban J connectivity index is 1.09. The van der Waals surface area contributed by atoms with E-state index in [1.54, 1.807) is 0 Å². The van der Waals surface area contributed by atoms with Crippen molar-refractivity contribution in [3.8, 4) is 27.9 Å². The Kier molecular flexibility index (Phi) is 8.11. The minimum absolute atomic E-state index is 0.481. The van der Waals surface area contributed by atoms with Gasteiger partial charge in [0.05, 0.1) is 27.5 Å². The van der Waals surface area contributed by atoms with Crippen LogP contribution in [-0.2, 0) is 5.41 Å². The standard InChI is InChI=1S/C61H44N2/c1-4-17-41(18-5-1)42-31-35-47(36-32-42)62-58-38-34-45(61(44-19-6-2-7-20-44)55-28-13-10-23-49(55)50-24-11-14-29-56(50)61)40-54(58)52-37-33-43(39-59(52)62)48-26-16-27-53-51-25-12-15-30-57(51)63(60(48)53)46-21-8-3-9-22-46/h2,4,6-8,10-40H,1,3,5,9H2. The third-order valence-electron chi connectivity index (χ3n) is 14.1. The molecule has 0 amide bonds. The van der Waals surface area contributed by atoms with Crippen LogP contribution in [0, 0.1) is 0 Å². The molecule has 0 spiro atoms. The summed E-state index contributed by atoms with van der Waals surface area (Å²) in [5, 5.41) is 5.05. The molecule has 0 fully saturated rings. The first kappa shape index (κ1) is 36.0. The number of benzene rings is 8. The van der Waals surface area contributed by atoms with E-state index < -0.39 is 5.41 Å². The Bertz CT molecular complexity index is 3560. The smallest absolute Gasteiger partial charge is 0.0713 e. The van der Waals surface area contributed by atoms with Gasteiger partial charge in [-0.2, -0.15) is 0 Å². The topological polar surface area (TPSA) is 9.86 Å². The Labute approximate surface area is 367 Å². The lowest BCUT2D eigenvalue weighted by atomic mass is 9.67. The Hall–Kier alpha value is -7.68. The SMILES string of the molecule is C1=CC(c2ccc(-n3c4ccc(C5(c6ccccc6)c6ccccc6-c6ccccc65)cc4c4ccc(-c5cccc6c7ccccc7n(C7=CCCC=C7)c56)cc43)cc2)=CCC1. The molecule has 0 unspecified atom stereocenters. The highest BCUT2D eigenvalue weighted by atomic mass is 15.0. The summed E-state index contributed by atoms with van der Waals surface area (Å²) in [6.07, 6.45) is 18.3. The third-order valence-corrected chi connectivity index (χ3v) is 14.1. The van der Waals surface area contributed by atoms with Gasteiger partial charge >= 0.3 is 0 Å². The van der Waals surface area contributed by atoms with Crippen molar-refractivity contribution in [2.75, 3.05) is 0 Å². The molecular weight excluding hydrogens is 761 g/mol. The largest absolute Gasteiger partial charge is 0.309 e. The first-order chi connectivity index (χ1) is 31.3. The molecule has 298 valence electrons. The van der Waals surface area contributed by atoms with Gasteiger partial charge in [0.25, 0.3) is 0 Å². The van der Waals surface area contributed by atoms with Crippen LogP contribution >= 0.6 is 0 Å². The summed E-state index contributed by atoms with van der Waals surface area (Å²) in [5.41, 5.74) is 19.6. The van der Waals surface area contributed by atoms with Crippen molar-refractivity contribution in [3.05, 3.63) is 246 Å². The molecule has 8 aromatic carbocycles. The molecule has 0 radical (unpaired) electrons. The predicted octanol–water partition coefficient (Wildman–Crippen LogP) is 15.8. The summed E-state index contributed by atoms with van der Waals surface area (Å²) in [7, 11) is 0. The molecule has 0 saturated heterocycles. The van der Waals surface area contributed by atoms with Crippen LogP contribution in [0.4, 0.5) is 0 Å². The molecule has 2 heteroatoms. The predicted molar refractivity (Wildman–Crippen MR) is 266 cm³/mol. The number of hydrogen-bond acceptors (Lipinski definition) is 0. The van der Waals surface area contributed by atoms with E-state index in [2.05, 4.69) is 228 Å². The van der Waals surface area contributed by atoms with Crippen molar-refractivity contribution in [1.82, 2.24) is 9.13 Å². The molecule has 13 rings (SSSR count). The number of fused-ring (bicyclic) bond motifs is 9. The van der Waals surface area contributed by atoms with Crippen LogP contribution in [0.15, 0.2) is 218 Å². The van der Waals surface area contributed by atoms with Crippen LogP contribution in [-0.4, -0.2) is 9.13 Å². The maximum Gasteiger partial charge on any atom is 0.0713 e. The van der Waals surface area contributed by atoms with Gasteiger partial charge in [-0.05, 0) is 118 Å². The zero-order valence-electron chi connectivity index (χ0n) is 35.0. The number of aromatic nitrogens is 2. The summed E-state index contributed by atoms with van der Waals surface area (Å²) in [6.45, 7) is 0. The molecule has 2 heterocycles. The highest BCUT2D eigenvalue weighted by molar-refractivity contribution is 6.16. The van der Waals surface area contributed by atoms with Crippen molar-refractivity contribution in [2.24, 2.45) is 0 Å². The Morgan fingerprint density at radius 3 is 1.79 bits per heavy atom. The van der Waals surface area contributed by atoms with Gasteiger partial charge in [0.15, 0.2) is 0 Å². The van der Waals surface area contributed by atoms with Gasteiger partial charge in [-0.25, -0.2) is 0 Å². The second-order valence-corrected chi connectivity index (χ2v) is 17.4. The minimum Gasteiger partial charge on any atom is -0.309 e. The van der Waals surface area contributed by atoms with Gasteiger partial charge in [-0.3, -0.25) is 0 Å². The first-order valence-electron chi connectivity index (χ1n) is 22.5. The molecule has 2 nitrogen and oxygen atoms in total. The molecule has 63 heavy (non-hydrogen) atoms. The third kappa shape index (κ3) is 5.31. The van der Waals surface area contributed by atoms with Crippen LogP contribution in [0.5, 0.6) is 0 Å². The molecule has 2 aromatic heterocycles. The van der Waals surface area contributed by atoms with E-state index in [1.807, 2.05) is 0 Å². The van der Waals surface area contributed by atoms with Gasteiger partial charge < -0.3 is 9.13 Å². The molecule has 0 N–H and O–H groups in total. The van der Waals surface area contributed by atoms with Crippen LogP contribution < -0.4 is 0 Å². The molecule has 3 aliphatic rings. The van der Waals surface area contributed by atoms with Crippen molar-refractivity contribution in [3.63, 3.8) is 0 Å². The minimum atomic E-state index is -0.481. The molecule has 10 aromatic rings. The van der Waals surface area contributed by atoms with E-state index in [0.29, 0.717) is 0 Å². The number of hydrogen-bond donors (Lipinski definition) is 0. The van der Waals surface area contributed by atoms with E-state index in [1.165, 1.54) is 105 Å². The highest BCUT2D eigenvalue weighted by Crippen LogP contribution is 2.56. The van der Waals surface area contributed by atoms with Crippen molar-refractivity contribution >= 4 is 54.9 Å². The number of para-hydroxylation sites is 2. The first-order valence-corrected chi connectivity index (χ1v) is 22.5. The number of nitrogens with zero attached hydrogens (tertiary/aromatic N) is 2. The summed E-state index contributed by atoms with van der Waals surface area (Å²) in [6, 6.07) is 68.7. The fourth-order valence-electron chi connectivity index (χ4n) is 11.3. The van der Waals surface area contributed by atoms with Gasteiger partial charge in [-0.15, -0.1) is 0 Å². The summed E-state index contributed by atoms with van der Waals surface area (Å²) in [5.74, 6) is 0. The fraction of sp³-hybridized carbons (Fsp3) is 0.0820. The lowest BCUT2D eigenvalue weighted by molar-refractivity contribution is 0.770. The van der Waals surface area contributed by atoms with Crippen LogP contribution in [0.2, 0.25) is 0 Å². The monoisotopic (exact) mass is 804 g/mol. The van der Waals surface area contributed by atoms with Crippen molar-refractivity contribution < 1.29 is 0 Å². The van der Waals surface area contributed by atoms with E-state index in [0.717, 1.165) is 31.4 Å². The van der Waals surface area contributed by atoms with E-state index >= 15 is 0 Å². The summed E-state index contributed by atoms with van der Waals surface area (Å²) < 4.78 is 5.00. The summed E-state index contributed by atoms with van der Waals surface area (Å²) >= 11 is 0. The normalized spacial score (nSPS) is 15.2. The average molecular weight is 805 g/mol. The maximum atomic E-state index is 2.51. The van der Waals surface area contributed by atoms with E-state index in [4.69, 9.17) is 0 Å². The van der Waals surface area contributed by atoms with Gasteiger partial charge in [0.2, 0.25) is 0 Å².